The Morgan fingerprint density at radius 3 is 2.49 bits per heavy atom. The third-order valence-electron chi connectivity index (χ3n) is 6.18. The summed E-state index contributed by atoms with van der Waals surface area (Å²) in [6, 6.07) is 26.6. The number of ether oxygens (including phenoxy) is 1. The first-order valence-electron chi connectivity index (χ1n) is 12.6. The molecule has 4 rings (SSSR count). The van der Waals surface area contributed by atoms with Crippen LogP contribution in [-0.2, 0) is 24.2 Å². The third kappa shape index (κ3) is 7.44. The van der Waals surface area contributed by atoms with Crippen LogP contribution in [0.15, 0.2) is 78.9 Å². The van der Waals surface area contributed by atoms with Gasteiger partial charge >= 0.3 is 0 Å². The van der Waals surface area contributed by atoms with Gasteiger partial charge in [-0.15, -0.1) is 0 Å². The van der Waals surface area contributed by atoms with E-state index in [-0.39, 0.29) is 5.91 Å². The zero-order valence-electron chi connectivity index (χ0n) is 20.6. The smallest absolute Gasteiger partial charge is 0.220 e. The van der Waals surface area contributed by atoms with Gasteiger partial charge in [-0.1, -0.05) is 60.2 Å². The molecule has 182 valence electrons. The molecule has 0 aliphatic carbocycles. The lowest BCUT2D eigenvalue weighted by atomic mass is 10.1. The number of carbonyl (C=O) groups excluding carboxylic acids is 1. The van der Waals surface area contributed by atoms with Crippen molar-refractivity contribution < 1.29 is 9.53 Å². The average Bonchev–Trinajstić information content (AvgIpc) is 3.24. The molecule has 0 atom stereocenters. The number of aryl methyl sites for hydroxylation is 4. The highest BCUT2D eigenvalue weighted by molar-refractivity contribution is 5.76. The fourth-order valence-corrected chi connectivity index (χ4v) is 4.23. The zero-order chi connectivity index (χ0) is 24.3. The summed E-state index contributed by atoms with van der Waals surface area (Å²) >= 11 is 0. The van der Waals surface area contributed by atoms with Crippen LogP contribution in [0.1, 0.15) is 42.6 Å². The Morgan fingerprint density at radius 2 is 1.66 bits per heavy atom. The van der Waals surface area contributed by atoms with Crippen molar-refractivity contribution in [3.05, 3.63) is 95.8 Å². The van der Waals surface area contributed by atoms with Crippen molar-refractivity contribution in [2.24, 2.45) is 0 Å². The Hall–Kier alpha value is -3.60. The lowest BCUT2D eigenvalue weighted by Gasteiger charge is -2.11. The highest BCUT2D eigenvalue weighted by Crippen LogP contribution is 2.18. The van der Waals surface area contributed by atoms with Crippen LogP contribution >= 0.6 is 0 Å². The van der Waals surface area contributed by atoms with Crippen molar-refractivity contribution in [3.63, 3.8) is 0 Å². The summed E-state index contributed by atoms with van der Waals surface area (Å²) in [5.41, 5.74) is 4.64. The largest absolute Gasteiger partial charge is 0.494 e. The minimum absolute atomic E-state index is 0.107. The minimum atomic E-state index is 0.107. The molecule has 0 saturated heterocycles. The Morgan fingerprint density at radius 1 is 0.886 bits per heavy atom. The molecule has 0 bridgehead atoms. The van der Waals surface area contributed by atoms with Gasteiger partial charge in [-0.25, -0.2) is 4.98 Å². The maximum atomic E-state index is 12.2. The molecule has 0 aliphatic rings. The van der Waals surface area contributed by atoms with E-state index in [1.54, 1.807) is 0 Å². The van der Waals surface area contributed by atoms with Crippen LogP contribution in [-0.4, -0.2) is 28.6 Å². The predicted molar refractivity (Wildman–Crippen MR) is 142 cm³/mol. The molecule has 3 aromatic carbocycles. The second-order valence-electron chi connectivity index (χ2n) is 8.98. The van der Waals surface area contributed by atoms with Crippen LogP contribution in [0.3, 0.4) is 0 Å². The number of para-hydroxylation sites is 2. The number of fused-ring (bicyclic) bond motifs is 1. The Bertz CT molecular complexity index is 1200. The standard InChI is InChI=1S/C30H35N3O2/c1-24-15-18-26(19-16-24)35-23-8-7-22-33-28-13-6-5-12-27(28)32-29(33)14-9-21-31-30(34)20-17-25-10-3-2-4-11-25/h2-6,10-13,15-16,18-19H,7-9,14,17,20-23H2,1H3,(H,31,34). The van der Waals surface area contributed by atoms with Crippen molar-refractivity contribution in [1.82, 2.24) is 14.9 Å². The zero-order valence-corrected chi connectivity index (χ0v) is 20.6. The molecular formula is C30H35N3O2. The molecule has 5 nitrogen and oxygen atoms in total. The van der Waals surface area contributed by atoms with Gasteiger partial charge in [0.05, 0.1) is 17.6 Å². The van der Waals surface area contributed by atoms with E-state index in [1.807, 2.05) is 36.4 Å². The van der Waals surface area contributed by atoms with Gasteiger partial charge in [-0.3, -0.25) is 4.79 Å². The minimum Gasteiger partial charge on any atom is -0.494 e. The van der Waals surface area contributed by atoms with E-state index in [4.69, 9.17) is 9.72 Å². The Kier molecular flexibility index (Phi) is 8.93. The monoisotopic (exact) mass is 469 g/mol. The van der Waals surface area contributed by atoms with Crippen LogP contribution < -0.4 is 10.1 Å². The van der Waals surface area contributed by atoms with Crippen molar-refractivity contribution in [2.45, 2.75) is 52.0 Å². The number of aromatic nitrogens is 2. The molecule has 1 N–H and O–H groups in total. The first-order chi connectivity index (χ1) is 17.2. The molecule has 0 radical (unpaired) electrons. The highest BCUT2D eigenvalue weighted by Gasteiger charge is 2.10. The number of unbranched alkanes of at least 4 members (excludes halogenated alkanes) is 1. The molecule has 1 amide bonds. The topological polar surface area (TPSA) is 56.1 Å². The fourth-order valence-electron chi connectivity index (χ4n) is 4.23. The first kappa shape index (κ1) is 24.5. The lowest BCUT2D eigenvalue weighted by Crippen LogP contribution is -2.25. The normalized spacial score (nSPS) is 11.0. The number of hydrogen-bond donors (Lipinski definition) is 1. The average molecular weight is 470 g/mol. The molecule has 4 aromatic rings. The van der Waals surface area contributed by atoms with Gasteiger partial charge in [0.2, 0.25) is 5.91 Å². The van der Waals surface area contributed by atoms with Gasteiger partial charge in [0.25, 0.3) is 0 Å². The van der Waals surface area contributed by atoms with Crippen molar-refractivity contribution in [3.8, 4) is 5.75 Å². The summed E-state index contributed by atoms with van der Waals surface area (Å²) in [7, 11) is 0. The molecular weight excluding hydrogens is 434 g/mol. The Balaban J connectivity index is 1.23. The summed E-state index contributed by atoms with van der Waals surface area (Å²) in [5.74, 6) is 2.12. The number of imidazole rings is 1. The van der Waals surface area contributed by atoms with Crippen LogP contribution in [0, 0.1) is 6.92 Å². The summed E-state index contributed by atoms with van der Waals surface area (Å²) in [5, 5.41) is 3.06. The van der Waals surface area contributed by atoms with E-state index in [0.717, 1.165) is 55.7 Å². The van der Waals surface area contributed by atoms with Crippen LogP contribution in [0.25, 0.3) is 11.0 Å². The Labute approximate surface area is 208 Å². The number of rotatable bonds is 13. The molecule has 0 saturated carbocycles. The molecule has 5 heteroatoms. The summed E-state index contributed by atoms with van der Waals surface area (Å²) in [4.78, 5) is 17.1. The lowest BCUT2D eigenvalue weighted by molar-refractivity contribution is -0.121. The van der Waals surface area contributed by atoms with E-state index in [0.29, 0.717) is 19.6 Å². The second kappa shape index (κ2) is 12.7. The number of nitrogens with zero attached hydrogens (tertiary/aromatic N) is 2. The van der Waals surface area contributed by atoms with Gasteiger partial charge < -0.3 is 14.6 Å². The first-order valence-corrected chi connectivity index (χ1v) is 12.6. The van der Waals surface area contributed by atoms with Gasteiger partial charge in [-0.05, 0) is 62.4 Å². The number of amides is 1. The van der Waals surface area contributed by atoms with Crippen molar-refractivity contribution in [1.29, 1.82) is 0 Å². The quantitative estimate of drug-likeness (QED) is 0.249. The number of hydrogen-bond acceptors (Lipinski definition) is 3. The SMILES string of the molecule is Cc1ccc(OCCCCn2c(CCCNC(=O)CCc3ccccc3)nc3ccccc32)cc1. The second-order valence-corrected chi connectivity index (χ2v) is 8.98. The molecule has 0 aliphatic heterocycles. The molecule has 0 unspecified atom stereocenters. The highest BCUT2D eigenvalue weighted by atomic mass is 16.5. The van der Waals surface area contributed by atoms with E-state index < -0.39 is 0 Å². The van der Waals surface area contributed by atoms with Gasteiger partial charge in [0.1, 0.15) is 11.6 Å². The van der Waals surface area contributed by atoms with Gasteiger partial charge in [-0.2, -0.15) is 0 Å². The number of nitrogens with one attached hydrogen (secondary N) is 1. The van der Waals surface area contributed by atoms with E-state index >= 15 is 0 Å². The molecule has 0 fully saturated rings. The molecule has 1 aromatic heterocycles. The van der Waals surface area contributed by atoms with E-state index in [9.17, 15) is 4.79 Å². The van der Waals surface area contributed by atoms with Crippen molar-refractivity contribution >= 4 is 16.9 Å². The summed E-state index contributed by atoms with van der Waals surface area (Å²) in [6.07, 6.45) is 5.01. The molecule has 0 spiro atoms. The van der Waals surface area contributed by atoms with Gasteiger partial charge in [0, 0.05) is 25.9 Å². The molecule has 35 heavy (non-hydrogen) atoms. The van der Waals surface area contributed by atoms with Gasteiger partial charge in [0.15, 0.2) is 0 Å². The van der Waals surface area contributed by atoms with Crippen LogP contribution in [0.2, 0.25) is 0 Å². The number of carbonyl (C=O) groups is 1. The predicted octanol–water partition coefficient (Wildman–Crippen LogP) is 5.89. The van der Waals surface area contributed by atoms with E-state index in [2.05, 4.69) is 59.3 Å². The fraction of sp³-hybridized carbons (Fsp3) is 0.333. The maximum Gasteiger partial charge on any atom is 0.220 e. The van der Waals surface area contributed by atoms with Crippen LogP contribution in [0.4, 0.5) is 0 Å². The van der Waals surface area contributed by atoms with E-state index in [1.165, 1.54) is 16.6 Å². The van der Waals surface area contributed by atoms with Crippen LogP contribution in [0.5, 0.6) is 5.75 Å². The maximum absolute atomic E-state index is 12.2. The molecule has 1 heterocycles. The third-order valence-corrected chi connectivity index (χ3v) is 6.18. The summed E-state index contributed by atoms with van der Waals surface area (Å²) in [6.45, 7) is 4.37. The van der Waals surface area contributed by atoms with Crippen molar-refractivity contribution in [2.75, 3.05) is 13.2 Å². The number of benzene rings is 3. The summed E-state index contributed by atoms with van der Waals surface area (Å²) < 4.78 is 8.21.